The van der Waals surface area contributed by atoms with Crippen molar-refractivity contribution in [2.24, 2.45) is 0 Å². The van der Waals surface area contributed by atoms with E-state index in [4.69, 9.17) is 4.74 Å². The molecule has 1 aliphatic rings. The SMILES string of the molecule is CCCNC(C)C1c2ccccc2Oc2ccccc21. The second-order valence-electron chi connectivity index (χ2n) is 5.40. The van der Waals surface area contributed by atoms with E-state index in [0.717, 1.165) is 24.5 Å². The minimum Gasteiger partial charge on any atom is -0.457 e. The van der Waals surface area contributed by atoms with Gasteiger partial charge in [0, 0.05) is 23.1 Å². The molecule has 0 amide bonds. The number of para-hydroxylation sites is 2. The normalized spacial score (nSPS) is 15.1. The van der Waals surface area contributed by atoms with Gasteiger partial charge in [0.05, 0.1) is 0 Å². The minimum atomic E-state index is 0.350. The number of hydrogen-bond donors (Lipinski definition) is 1. The fourth-order valence-electron chi connectivity index (χ4n) is 2.98. The van der Waals surface area contributed by atoms with Gasteiger partial charge in [0.25, 0.3) is 0 Å². The lowest BCUT2D eigenvalue weighted by molar-refractivity contribution is 0.412. The van der Waals surface area contributed by atoms with E-state index in [2.05, 4.69) is 55.6 Å². The Morgan fingerprint density at radius 3 is 2.10 bits per heavy atom. The second kappa shape index (κ2) is 5.68. The summed E-state index contributed by atoms with van der Waals surface area (Å²) < 4.78 is 6.03. The summed E-state index contributed by atoms with van der Waals surface area (Å²) in [5, 5.41) is 3.63. The molecular formula is C18H21NO. The van der Waals surface area contributed by atoms with Crippen molar-refractivity contribution in [3.05, 3.63) is 59.7 Å². The fraction of sp³-hybridized carbons (Fsp3) is 0.333. The van der Waals surface area contributed by atoms with Crippen molar-refractivity contribution in [1.29, 1.82) is 0 Å². The highest BCUT2D eigenvalue weighted by molar-refractivity contribution is 5.54. The molecule has 1 heterocycles. The summed E-state index contributed by atoms with van der Waals surface area (Å²) >= 11 is 0. The highest BCUT2D eigenvalue weighted by atomic mass is 16.5. The molecule has 0 radical (unpaired) electrons. The molecule has 0 aliphatic carbocycles. The molecule has 2 heteroatoms. The second-order valence-corrected chi connectivity index (χ2v) is 5.40. The molecule has 1 N–H and O–H groups in total. The van der Waals surface area contributed by atoms with Crippen LogP contribution in [0.5, 0.6) is 11.5 Å². The summed E-state index contributed by atoms with van der Waals surface area (Å²) in [4.78, 5) is 0. The summed E-state index contributed by atoms with van der Waals surface area (Å²) in [5.74, 6) is 2.32. The number of fused-ring (bicyclic) bond motifs is 2. The van der Waals surface area contributed by atoms with Crippen LogP contribution in [-0.4, -0.2) is 12.6 Å². The van der Waals surface area contributed by atoms with Crippen LogP contribution in [0.1, 0.15) is 37.3 Å². The molecule has 0 saturated carbocycles. The predicted octanol–water partition coefficient (Wildman–Crippen LogP) is 4.31. The summed E-state index contributed by atoms with van der Waals surface area (Å²) in [6.45, 7) is 5.51. The molecule has 2 aromatic rings. The highest BCUT2D eigenvalue weighted by Gasteiger charge is 2.30. The smallest absolute Gasteiger partial charge is 0.131 e. The molecule has 20 heavy (non-hydrogen) atoms. The first-order valence-electron chi connectivity index (χ1n) is 7.40. The Kier molecular flexibility index (Phi) is 3.75. The standard InChI is InChI=1S/C18H21NO/c1-3-12-19-13(2)18-14-8-4-6-10-16(14)20-17-11-7-5-9-15(17)18/h4-11,13,18-19H,3,12H2,1-2H3. The zero-order valence-electron chi connectivity index (χ0n) is 12.1. The van der Waals surface area contributed by atoms with Gasteiger partial charge in [-0.1, -0.05) is 43.3 Å². The maximum atomic E-state index is 6.03. The van der Waals surface area contributed by atoms with Crippen LogP contribution in [0.15, 0.2) is 48.5 Å². The van der Waals surface area contributed by atoms with E-state index in [1.165, 1.54) is 11.1 Å². The van der Waals surface area contributed by atoms with Crippen LogP contribution in [0.2, 0.25) is 0 Å². The average molecular weight is 267 g/mol. The molecule has 1 aliphatic heterocycles. The Labute approximate surface area is 120 Å². The Bertz CT molecular complexity index is 548. The third kappa shape index (κ3) is 2.32. The summed E-state index contributed by atoms with van der Waals surface area (Å²) in [5.41, 5.74) is 2.56. The molecule has 3 rings (SSSR count). The van der Waals surface area contributed by atoms with Crippen LogP contribution in [0.4, 0.5) is 0 Å². The lowest BCUT2D eigenvalue weighted by Gasteiger charge is -2.32. The van der Waals surface area contributed by atoms with Crippen LogP contribution in [0, 0.1) is 0 Å². The van der Waals surface area contributed by atoms with Gasteiger partial charge >= 0.3 is 0 Å². The lowest BCUT2D eigenvalue weighted by Crippen LogP contribution is -2.34. The number of ether oxygens (including phenoxy) is 1. The van der Waals surface area contributed by atoms with Crippen LogP contribution in [0.25, 0.3) is 0 Å². The van der Waals surface area contributed by atoms with Crippen molar-refractivity contribution >= 4 is 0 Å². The van der Waals surface area contributed by atoms with E-state index >= 15 is 0 Å². The molecule has 0 spiro atoms. The molecule has 0 fully saturated rings. The van der Waals surface area contributed by atoms with Crippen LogP contribution >= 0.6 is 0 Å². The molecule has 2 aromatic carbocycles. The molecule has 0 bridgehead atoms. The lowest BCUT2D eigenvalue weighted by atomic mass is 9.83. The predicted molar refractivity (Wildman–Crippen MR) is 82.6 cm³/mol. The van der Waals surface area contributed by atoms with E-state index in [9.17, 15) is 0 Å². The van der Waals surface area contributed by atoms with E-state index in [0.29, 0.717) is 12.0 Å². The topological polar surface area (TPSA) is 21.3 Å². The maximum Gasteiger partial charge on any atom is 0.131 e. The summed E-state index contributed by atoms with van der Waals surface area (Å²) in [6, 6.07) is 17.1. The first-order valence-corrected chi connectivity index (χ1v) is 7.40. The third-order valence-corrected chi connectivity index (χ3v) is 3.94. The highest BCUT2D eigenvalue weighted by Crippen LogP contribution is 2.45. The molecule has 1 unspecified atom stereocenters. The number of hydrogen-bond acceptors (Lipinski definition) is 2. The van der Waals surface area contributed by atoms with Crippen LogP contribution < -0.4 is 10.1 Å². The van der Waals surface area contributed by atoms with E-state index in [1.54, 1.807) is 0 Å². The van der Waals surface area contributed by atoms with Gasteiger partial charge in [-0.3, -0.25) is 0 Å². The average Bonchev–Trinajstić information content (AvgIpc) is 2.50. The van der Waals surface area contributed by atoms with Crippen molar-refractivity contribution in [2.75, 3.05) is 6.54 Å². The van der Waals surface area contributed by atoms with Gasteiger partial charge in [0.1, 0.15) is 11.5 Å². The third-order valence-electron chi connectivity index (χ3n) is 3.94. The summed E-state index contributed by atoms with van der Waals surface area (Å²) in [7, 11) is 0. The number of benzene rings is 2. The summed E-state index contributed by atoms with van der Waals surface area (Å²) in [6.07, 6.45) is 1.15. The van der Waals surface area contributed by atoms with Crippen molar-refractivity contribution < 1.29 is 4.74 Å². The number of rotatable bonds is 4. The molecule has 2 nitrogen and oxygen atoms in total. The van der Waals surface area contributed by atoms with E-state index in [1.807, 2.05) is 12.1 Å². The Hall–Kier alpha value is -1.80. The Morgan fingerprint density at radius 1 is 1.00 bits per heavy atom. The van der Waals surface area contributed by atoms with Gasteiger partial charge in [-0.15, -0.1) is 0 Å². The van der Waals surface area contributed by atoms with Gasteiger partial charge in [-0.2, -0.15) is 0 Å². The Morgan fingerprint density at radius 2 is 1.55 bits per heavy atom. The number of nitrogens with one attached hydrogen (secondary N) is 1. The van der Waals surface area contributed by atoms with Gasteiger partial charge in [0.2, 0.25) is 0 Å². The van der Waals surface area contributed by atoms with Gasteiger partial charge in [-0.25, -0.2) is 0 Å². The van der Waals surface area contributed by atoms with Crippen molar-refractivity contribution in [3.8, 4) is 11.5 Å². The van der Waals surface area contributed by atoms with E-state index < -0.39 is 0 Å². The van der Waals surface area contributed by atoms with Crippen LogP contribution in [-0.2, 0) is 0 Å². The molecule has 0 saturated heterocycles. The molecule has 104 valence electrons. The molecule has 1 atom stereocenters. The first-order chi connectivity index (χ1) is 9.81. The van der Waals surface area contributed by atoms with Gasteiger partial charge in [0.15, 0.2) is 0 Å². The fourth-order valence-corrected chi connectivity index (χ4v) is 2.98. The van der Waals surface area contributed by atoms with E-state index in [-0.39, 0.29) is 0 Å². The van der Waals surface area contributed by atoms with Gasteiger partial charge in [-0.05, 0) is 32.0 Å². The zero-order chi connectivity index (χ0) is 13.9. The van der Waals surface area contributed by atoms with Crippen LogP contribution in [0.3, 0.4) is 0 Å². The molecule has 0 aromatic heterocycles. The Balaban J connectivity index is 2.03. The van der Waals surface area contributed by atoms with Gasteiger partial charge < -0.3 is 10.1 Å². The minimum absolute atomic E-state index is 0.350. The van der Waals surface area contributed by atoms with Crippen molar-refractivity contribution in [2.45, 2.75) is 32.2 Å². The zero-order valence-corrected chi connectivity index (χ0v) is 12.1. The quantitative estimate of drug-likeness (QED) is 0.891. The largest absolute Gasteiger partial charge is 0.457 e. The first kappa shape index (κ1) is 13.2. The molecular weight excluding hydrogens is 246 g/mol. The van der Waals surface area contributed by atoms with Crippen molar-refractivity contribution in [3.63, 3.8) is 0 Å². The monoisotopic (exact) mass is 267 g/mol. The maximum absolute atomic E-state index is 6.03. The van der Waals surface area contributed by atoms with Crippen molar-refractivity contribution in [1.82, 2.24) is 5.32 Å².